The average Bonchev–Trinajstić information content (AvgIpc) is 0.950. The van der Waals surface area contributed by atoms with Gasteiger partial charge < -0.3 is 53.8 Å². The maximum atomic E-state index is 12.6. The highest BCUT2D eigenvalue weighted by Crippen LogP contribution is 2.57. The molecule has 0 bridgehead atoms. The molecule has 4 unspecified atom stereocenters. The summed E-state index contributed by atoms with van der Waals surface area (Å²) < 4.78 is 127. The van der Waals surface area contributed by atoms with Gasteiger partial charge in [-0.15, -0.1) is 12.4 Å². The standard InChI is InChI=1S/C15H23N2O8P.C15H24NO5P.C9H19ClNO5P.C8H18NO5P.C7H8O.C6H5NO3.C4H9NO2.C2H5Cl2O2P.ClH/c1-5-23-26(21,16-12(4)15(18)25-11(2)3)24-10-22-14-8-6-13(7-9-14)17(19)20;1-5-19-22(18,16-13(4)15(17)21-12(2)3)20-11-14-9-7-6-8-10-14;1-5-14-17(13,15-6-10)11-8(4)9(12)16-7(2)3;1-5-13-15(11,12)9-7(4)8(10)14-6(2)3;8-6-7-4-2-1-3-5-7;8-6-3-1-5(2-4-6)7(9)10;1-3(5)4(6)7-2;1-2-6-7(3,4)5;/h6-9,11-12H,5,10H2,1-4H3,(H,16,21);6-10,12-13H,5,11H2,1-4H3,(H,16,18);7-8H,5-6H2,1-4H3,(H,11,13);6-7H,5H2,1-4H3,(H2,9,11,12);1-5,8H,6H2;1-4,8H;3H,5H2,1-2H3;2H2,1H3;1H/t12-,26?;13-,22?;8-,17?;7-;;;3-;;/m0000..0../s1. The van der Waals surface area contributed by atoms with Gasteiger partial charge in [0.25, 0.3) is 11.4 Å². The zero-order valence-electron chi connectivity index (χ0n) is 66.5. The summed E-state index contributed by atoms with van der Waals surface area (Å²) in [6.07, 6.45) is -4.28. The minimum absolute atomic E-state index is 0. The number of aromatic hydroxyl groups is 1. The first-order valence-corrected chi connectivity index (χ1v) is 44.3. The Labute approximate surface area is 681 Å². The van der Waals surface area contributed by atoms with Crippen LogP contribution in [0.5, 0.6) is 11.5 Å². The minimum atomic E-state index is -3.90. The number of nitro groups is 2. The van der Waals surface area contributed by atoms with Crippen LogP contribution in [-0.2, 0) is 120 Å². The molecule has 0 aliphatic carbocycles. The number of hydrogen-bond donors (Lipinski definition) is 8. The fourth-order valence-electron chi connectivity index (χ4n) is 6.68. The van der Waals surface area contributed by atoms with Gasteiger partial charge in [0, 0.05) is 24.3 Å². The molecular weight excluding hydrogens is 1680 g/mol. The molecule has 38 nitrogen and oxygen atoms in total. The molecule has 0 aromatic heterocycles. The maximum Gasteiger partial charge on any atom is 0.409 e. The number of nitrogens with one attached hydrogen (secondary N) is 4. The largest absolute Gasteiger partial charge is 0.508 e. The number of nitrogens with two attached hydrogens (primary N) is 1. The van der Waals surface area contributed by atoms with Crippen molar-refractivity contribution in [1.82, 2.24) is 20.3 Å². The van der Waals surface area contributed by atoms with E-state index in [-0.39, 0.29) is 118 Å². The monoisotopic (exact) mass is 1790 g/mol. The van der Waals surface area contributed by atoms with Crippen LogP contribution in [-0.4, -0.2) is 162 Å². The Bertz CT molecular complexity index is 3520. The summed E-state index contributed by atoms with van der Waals surface area (Å²) in [4.78, 5) is 85.3. The highest BCUT2D eigenvalue weighted by atomic mass is 35.9. The van der Waals surface area contributed by atoms with Crippen molar-refractivity contribution in [3.8, 4) is 11.5 Å². The SMILES string of the molecule is CCOP(=O)(Cl)Cl.CCOP(=O)(N[C@@H](C)C(=O)OC(C)C)OCCl.CCOP(=O)(N[C@@H](C)C(=O)OC(C)C)OCOc1ccc([N+](=O)[O-])cc1.CCOP(=O)(N[C@@H](C)C(=O)OC(C)C)OCc1ccccc1.CCOP(=O)(O)N[C@@H](C)C(=O)OC(C)C.COC(=O)[C@H](C)N.Cl.O=[N+]([O-])c1ccc(O)cc1.OCc1ccccc1. The maximum absolute atomic E-state index is 12.6. The topological polar surface area (TPSA) is 521 Å². The number of aliphatic hydroxyl groups is 1. The number of aliphatic hydroxyl groups excluding tert-OH is 1. The number of carbonyl (C=O) groups is 5. The van der Waals surface area contributed by atoms with E-state index in [1.165, 1.54) is 76.4 Å². The van der Waals surface area contributed by atoms with Gasteiger partial charge in [-0.25, -0.2) is 38.6 Å². The number of alkyl halides is 1. The van der Waals surface area contributed by atoms with E-state index in [9.17, 15) is 71.9 Å². The van der Waals surface area contributed by atoms with Crippen LogP contribution in [0.1, 0.15) is 136 Å². The summed E-state index contributed by atoms with van der Waals surface area (Å²) >= 11 is 15.2. The van der Waals surface area contributed by atoms with Gasteiger partial charge >= 0.3 is 66.9 Å². The summed E-state index contributed by atoms with van der Waals surface area (Å²) in [6.45, 7) is 30.1. The summed E-state index contributed by atoms with van der Waals surface area (Å²) in [5, 5.41) is 47.6. The third-order valence-electron chi connectivity index (χ3n) is 11.3. The number of nitro benzene ring substituents is 2. The first-order valence-electron chi connectivity index (χ1n) is 34.1. The first kappa shape index (κ1) is 116. The zero-order chi connectivity index (χ0) is 87.0. The molecule has 0 aliphatic rings. The number of phenolic OH excluding ortho intramolecular Hbond substituents is 1. The number of nitrogens with zero attached hydrogens (tertiary/aromatic N) is 2. The Morgan fingerprint density at radius 1 is 0.469 bits per heavy atom. The van der Waals surface area contributed by atoms with Crippen LogP contribution in [0.3, 0.4) is 0 Å². The van der Waals surface area contributed by atoms with Crippen LogP contribution >= 0.6 is 83.5 Å². The first-order chi connectivity index (χ1) is 52.0. The predicted octanol–water partition coefficient (Wildman–Crippen LogP) is 14.6. The third-order valence-corrected chi connectivity index (χ3v) is 19.3. The number of non-ortho nitro benzene ring substituents is 2. The van der Waals surface area contributed by atoms with E-state index in [0.717, 1.165) is 11.1 Å². The number of benzene rings is 4. The molecule has 4 aromatic rings. The molecule has 0 saturated carbocycles. The smallest absolute Gasteiger partial charge is 0.409 e. The quantitative estimate of drug-likeness (QED) is 0.00391. The Hall–Kier alpha value is -5.66. The van der Waals surface area contributed by atoms with Crippen LogP contribution in [0.4, 0.5) is 11.4 Å². The van der Waals surface area contributed by atoms with Gasteiger partial charge in [0.2, 0.25) is 0 Å². The fraction of sp³-hybridized carbons (Fsp3) is 0.561. The highest BCUT2D eigenvalue weighted by Gasteiger charge is 2.34. The molecular formula is C66H112Cl4N7O31P5. The second kappa shape index (κ2) is 64.4. The van der Waals surface area contributed by atoms with Crippen molar-refractivity contribution >= 4 is 125 Å². The summed E-state index contributed by atoms with van der Waals surface area (Å²) in [5.74, 6) is -2.27. The van der Waals surface area contributed by atoms with Gasteiger partial charge in [0.05, 0.1) is 87.6 Å². The van der Waals surface area contributed by atoms with E-state index in [4.69, 9.17) is 101 Å². The lowest BCUT2D eigenvalue weighted by atomic mass is 10.2. The lowest BCUT2D eigenvalue weighted by Crippen LogP contribution is -2.35. The number of phenols is 1. The average molecular weight is 1800 g/mol. The predicted molar refractivity (Wildman–Crippen MR) is 428 cm³/mol. The van der Waals surface area contributed by atoms with E-state index < -0.39 is 108 Å². The Balaban J connectivity index is -0.000000409. The Morgan fingerprint density at radius 2 is 0.788 bits per heavy atom. The second-order valence-corrected chi connectivity index (χ2v) is 34.1. The molecule has 113 heavy (non-hydrogen) atoms. The fourth-order valence-corrected chi connectivity index (χ4v) is 13.0. The van der Waals surface area contributed by atoms with E-state index in [1.54, 1.807) is 104 Å². The minimum Gasteiger partial charge on any atom is -0.508 e. The number of methoxy groups -OCH3 is 1. The number of ether oxygens (including phenoxy) is 6. The number of halogens is 4. The van der Waals surface area contributed by atoms with Crippen LogP contribution < -0.4 is 30.8 Å². The summed E-state index contributed by atoms with van der Waals surface area (Å²) in [5.41, 5.74) is 6.80. The lowest BCUT2D eigenvalue weighted by Gasteiger charge is -2.22. The zero-order valence-corrected chi connectivity index (χ0v) is 74.0. The third kappa shape index (κ3) is 63.2. The molecule has 47 heteroatoms. The van der Waals surface area contributed by atoms with Gasteiger partial charge in [-0.05, 0) is 183 Å². The van der Waals surface area contributed by atoms with Crippen molar-refractivity contribution in [1.29, 1.82) is 0 Å². The van der Waals surface area contributed by atoms with E-state index in [2.05, 4.69) is 34.1 Å². The van der Waals surface area contributed by atoms with Crippen molar-refractivity contribution in [2.24, 2.45) is 5.73 Å². The molecule has 0 aliphatic heterocycles. The molecule has 4 rings (SSSR count). The van der Waals surface area contributed by atoms with Gasteiger partial charge in [-0.2, -0.15) is 0 Å². The molecule has 4 aromatic carbocycles. The molecule has 0 radical (unpaired) electrons. The van der Waals surface area contributed by atoms with Crippen LogP contribution in [0.2, 0.25) is 0 Å². The van der Waals surface area contributed by atoms with Crippen molar-refractivity contribution in [3.63, 3.8) is 0 Å². The van der Waals surface area contributed by atoms with Crippen molar-refractivity contribution in [3.05, 3.63) is 141 Å². The molecule has 0 heterocycles. The normalized spacial score (nSPS) is 14.1. The second-order valence-electron chi connectivity index (χ2n) is 22.7. The van der Waals surface area contributed by atoms with Gasteiger partial charge in [0.15, 0.2) is 6.79 Å². The molecule has 0 fully saturated rings. The van der Waals surface area contributed by atoms with E-state index >= 15 is 0 Å². The van der Waals surface area contributed by atoms with Gasteiger partial charge in [-0.3, -0.25) is 80.4 Å². The van der Waals surface area contributed by atoms with E-state index in [1.807, 2.05) is 60.7 Å². The number of hydrogen-bond acceptors (Lipinski definition) is 31. The van der Waals surface area contributed by atoms with Crippen LogP contribution in [0.15, 0.2) is 109 Å². The summed E-state index contributed by atoms with van der Waals surface area (Å²) in [6, 6.07) is 25.0. The van der Waals surface area contributed by atoms with Crippen LogP contribution in [0, 0.1) is 20.2 Å². The molecule has 9 N–H and O–H groups in total. The number of rotatable bonds is 39. The van der Waals surface area contributed by atoms with Crippen molar-refractivity contribution < 1.29 is 136 Å². The van der Waals surface area contributed by atoms with Crippen molar-refractivity contribution in [2.45, 2.75) is 192 Å². The van der Waals surface area contributed by atoms with Crippen LogP contribution in [0.25, 0.3) is 0 Å². The molecule has 0 spiro atoms. The number of carbonyl (C=O) groups excluding carboxylic acids is 5. The Morgan fingerprint density at radius 3 is 1.05 bits per heavy atom. The van der Waals surface area contributed by atoms with Gasteiger partial charge in [0.1, 0.15) is 47.8 Å². The number of esters is 5. The van der Waals surface area contributed by atoms with E-state index in [0.29, 0.717) is 0 Å². The highest BCUT2D eigenvalue weighted by molar-refractivity contribution is 8.05. The van der Waals surface area contributed by atoms with Crippen molar-refractivity contribution in [2.75, 3.05) is 53.0 Å². The molecule has 0 saturated heterocycles. The molecule has 0 amide bonds. The van der Waals surface area contributed by atoms with Gasteiger partial charge in [-0.1, -0.05) is 72.3 Å². The molecule has 650 valence electrons. The lowest BCUT2D eigenvalue weighted by molar-refractivity contribution is -0.385. The summed E-state index contributed by atoms with van der Waals surface area (Å²) in [7, 11) is -13.5. The molecule has 9 atom stereocenters. The Kier molecular flexibility index (Phi) is 66.1.